The lowest BCUT2D eigenvalue weighted by atomic mass is 10.1. The van der Waals surface area contributed by atoms with E-state index in [9.17, 15) is 4.79 Å². The molecule has 2 aromatic heterocycles. The van der Waals surface area contributed by atoms with E-state index in [1.807, 2.05) is 31.2 Å². The highest BCUT2D eigenvalue weighted by atomic mass is 16.5. The van der Waals surface area contributed by atoms with Crippen LogP contribution in [0.5, 0.6) is 11.5 Å². The molecular formula is C23H28N6O3. The molecule has 0 spiro atoms. The van der Waals surface area contributed by atoms with Crippen molar-refractivity contribution < 1.29 is 14.3 Å². The van der Waals surface area contributed by atoms with Crippen molar-refractivity contribution in [3.05, 3.63) is 47.5 Å². The fraction of sp³-hybridized carbons (Fsp3) is 0.391. The standard InChI is InChI=1S/C23H28N6O3/c1-15-11-22(29-9-5-6-10-29)26-21(25-15)14-24-23(30)19-13-18(27-28(19)2)17-12-16(31-3)7-8-20(17)32-4/h7-8,11-13H,5-6,9-10,14H2,1-4H3,(H,24,30). The molecule has 1 amide bonds. The number of nitrogens with zero attached hydrogens (tertiary/aromatic N) is 5. The van der Waals surface area contributed by atoms with E-state index in [1.54, 1.807) is 32.0 Å². The Morgan fingerprint density at radius 1 is 1.09 bits per heavy atom. The molecule has 9 nitrogen and oxygen atoms in total. The largest absolute Gasteiger partial charge is 0.497 e. The minimum absolute atomic E-state index is 0.240. The number of hydrogen-bond donors (Lipinski definition) is 1. The molecule has 0 atom stereocenters. The summed E-state index contributed by atoms with van der Waals surface area (Å²) >= 11 is 0. The van der Waals surface area contributed by atoms with E-state index in [-0.39, 0.29) is 12.5 Å². The van der Waals surface area contributed by atoms with Gasteiger partial charge in [0.05, 0.1) is 26.5 Å². The molecule has 1 N–H and O–H groups in total. The normalized spacial score (nSPS) is 13.3. The fourth-order valence-electron chi connectivity index (χ4n) is 3.87. The molecule has 0 bridgehead atoms. The number of aromatic nitrogens is 4. The van der Waals surface area contributed by atoms with Gasteiger partial charge in [-0.1, -0.05) is 0 Å². The SMILES string of the molecule is COc1ccc(OC)c(-c2cc(C(=O)NCc3nc(C)cc(N4CCCC4)n3)n(C)n2)c1. The second-order valence-electron chi connectivity index (χ2n) is 7.77. The molecular weight excluding hydrogens is 408 g/mol. The molecule has 32 heavy (non-hydrogen) atoms. The van der Waals surface area contributed by atoms with Crippen LogP contribution < -0.4 is 19.7 Å². The Morgan fingerprint density at radius 2 is 1.88 bits per heavy atom. The first-order chi connectivity index (χ1) is 15.5. The quantitative estimate of drug-likeness (QED) is 0.609. The van der Waals surface area contributed by atoms with Gasteiger partial charge in [-0.2, -0.15) is 5.10 Å². The Hall–Kier alpha value is -3.62. The predicted molar refractivity (Wildman–Crippen MR) is 121 cm³/mol. The Kier molecular flexibility index (Phi) is 6.25. The van der Waals surface area contributed by atoms with Crippen molar-refractivity contribution in [2.75, 3.05) is 32.2 Å². The highest BCUT2D eigenvalue weighted by Gasteiger charge is 2.19. The van der Waals surface area contributed by atoms with Gasteiger partial charge in [0.1, 0.15) is 28.8 Å². The van der Waals surface area contributed by atoms with E-state index < -0.39 is 0 Å². The molecule has 1 saturated heterocycles. The van der Waals surface area contributed by atoms with Gasteiger partial charge in [-0.3, -0.25) is 9.48 Å². The summed E-state index contributed by atoms with van der Waals surface area (Å²) in [5.41, 5.74) is 2.69. The maximum Gasteiger partial charge on any atom is 0.269 e. The molecule has 3 aromatic rings. The molecule has 0 radical (unpaired) electrons. The molecule has 1 aliphatic rings. The first-order valence-corrected chi connectivity index (χ1v) is 10.6. The maximum absolute atomic E-state index is 12.9. The maximum atomic E-state index is 12.9. The van der Waals surface area contributed by atoms with Gasteiger partial charge >= 0.3 is 0 Å². The zero-order valence-corrected chi connectivity index (χ0v) is 18.9. The van der Waals surface area contributed by atoms with Crippen molar-refractivity contribution in [2.45, 2.75) is 26.3 Å². The molecule has 4 rings (SSSR count). The van der Waals surface area contributed by atoms with E-state index in [4.69, 9.17) is 9.47 Å². The van der Waals surface area contributed by atoms with Crippen LogP contribution >= 0.6 is 0 Å². The lowest BCUT2D eigenvalue weighted by molar-refractivity contribution is 0.0940. The highest BCUT2D eigenvalue weighted by molar-refractivity contribution is 5.93. The van der Waals surface area contributed by atoms with E-state index in [2.05, 4.69) is 25.3 Å². The van der Waals surface area contributed by atoms with Gasteiger partial charge in [0.25, 0.3) is 5.91 Å². The summed E-state index contributed by atoms with van der Waals surface area (Å²) in [6.45, 7) is 4.20. The lowest BCUT2D eigenvalue weighted by Crippen LogP contribution is -2.27. The number of benzene rings is 1. The summed E-state index contributed by atoms with van der Waals surface area (Å²) < 4.78 is 12.3. The summed E-state index contributed by atoms with van der Waals surface area (Å²) in [6, 6.07) is 9.20. The van der Waals surface area contributed by atoms with Crippen LogP contribution in [-0.4, -0.2) is 53.0 Å². The van der Waals surface area contributed by atoms with Crippen LogP contribution in [0.2, 0.25) is 0 Å². The highest BCUT2D eigenvalue weighted by Crippen LogP contribution is 2.33. The van der Waals surface area contributed by atoms with Crippen molar-refractivity contribution in [3.8, 4) is 22.8 Å². The van der Waals surface area contributed by atoms with Gasteiger partial charge in [0.2, 0.25) is 0 Å². The van der Waals surface area contributed by atoms with E-state index >= 15 is 0 Å². The molecule has 3 heterocycles. The first kappa shape index (κ1) is 21.6. The number of carbonyl (C=O) groups is 1. The topological polar surface area (TPSA) is 94.4 Å². The van der Waals surface area contributed by atoms with Crippen LogP contribution in [0, 0.1) is 6.92 Å². The van der Waals surface area contributed by atoms with Gasteiger partial charge in [-0.05, 0) is 44.0 Å². The van der Waals surface area contributed by atoms with Crippen molar-refractivity contribution in [3.63, 3.8) is 0 Å². The molecule has 168 valence electrons. The zero-order valence-electron chi connectivity index (χ0n) is 18.9. The third kappa shape index (κ3) is 4.51. The van der Waals surface area contributed by atoms with Gasteiger partial charge < -0.3 is 19.7 Å². The fourth-order valence-corrected chi connectivity index (χ4v) is 3.87. The number of nitrogens with one attached hydrogen (secondary N) is 1. The summed E-state index contributed by atoms with van der Waals surface area (Å²) in [5.74, 6) is 2.60. The van der Waals surface area contributed by atoms with Gasteiger partial charge in [-0.15, -0.1) is 0 Å². The van der Waals surface area contributed by atoms with Crippen molar-refractivity contribution >= 4 is 11.7 Å². The number of amides is 1. The van der Waals surface area contributed by atoms with Gasteiger partial charge in [-0.25, -0.2) is 9.97 Å². The number of anilines is 1. The van der Waals surface area contributed by atoms with Crippen LogP contribution in [0.25, 0.3) is 11.3 Å². The Morgan fingerprint density at radius 3 is 2.59 bits per heavy atom. The average molecular weight is 437 g/mol. The molecule has 0 saturated carbocycles. The number of carbonyl (C=O) groups excluding carboxylic acids is 1. The molecule has 1 aromatic carbocycles. The Balaban J connectivity index is 1.51. The van der Waals surface area contributed by atoms with Crippen LogP contribution in [0.1, 0.15) is 34.8 Å². The number of aryl methyl sites for hydroxylation is 2. The van der Waals surface area contributed by atoms with Crippen LogP contribution in [0.3, 0.4) is 0 Å². The van der Waals surface area contributed by atoms with E-state index in [0.29, 0.717) is 28.7 Å². The Bertz CT molecular complexity index is 1120. The summed E-state index contributed by atoms with van der Waals surface area (Å²) in [7, 11) is 4.94. The van der Waals surface area contributed by atoms with E-state index in [0.717, 1.165) is 30.2 Å². The minimum Gasteiger partial charge on any atom is -0.497 e. The second-order valence-corrected chi connectivity index (χ2v) is 7.77. The van der Waals surface area contributed by atoms with Crippen LogP contribution in [0.15, 0.2) is 30.3 Å². The molecule has 0 aliphatic carbocycles. The molecule has 0 unspecified atom stereocenters. The third-order valence-electron chi connectivity index (χ3n) is 5.52. The summed E-state index contributed by atoms with van der Waals surface area (Å²) in [5, 5.41) is 7.42. The number of hydrogen-bond acceptors (Lipinski definition) is 7. The van der Waals surface area contributed by atoms with Gasteiger partial charge in [0, 0.05) is 37.5 Å². The van der Waals surface area contributed by atoms with Crippen LogP contribution in [0.4, 0.5) is 5.82 Å². The average Bonchev–Trinajstić information content (AvgIpc) is 3.47. The van der Waals surface area contributed by atoms with Crippen molar-refractivity contribution in [1.82, 2.24) is 25.1 Å². The number of rotatable bonds is 7. The van der Waals surface area contributed by atoms with Crippen molar-refractivity contribution in [2.24, 2.45) is 7.05 Å². The number of ether oxygens (including phenoxy) is 2. The van der Waals surface area contributed by atoms with Crippen LogP contribution in [-0.2, 0) is 13.6 Å². The smallest absolute Gasteiger partial charge is 0.269 e. The minimum atomic E-state index is -0.249. The molecule has 1 fully saturated rings. The van der Waals surface area contributed by atoms with E-state index in [1.165, 1.54) is 12.8 Å². The summed E-state index contributed by atoms with van der Waals surface area (Å²) in [4.78, 5) is 24.3. The monoisotopic (exact) mass is 436 g/mol. The van der Waals surface area contributed by atoms with Gasteiger partial charge in [0.15, 0.2) is 0 Å². The first-order valence-electron chi connectivity index (χ1n) is 10.6. The molecule has 1 aliphatic heterocycles. The zero-order chi connectivity index (χ0) is 22.7. The Labute approximate surface area is 187 Å². The number of methoxy groups -OCH3 is 2. The third-order valence-corrected chi connectivity index (χ3v) is 5.52. The predicted octanol–water partition coefficient (Wildman–Crippen LogP) is 2.73. The molecule has 9 heteroatoms. The summed E-state index contributed by atoms with van der Waals surface area (Å²) in [6.07, 6.45) is 2.35. The second kappa shape index (κ2) is 9.25. The lowest BCUT2D eigenvalue weighted by Gasteiger charge is -2.17. The van der Waals surface area contributed by atoms with Crippen molar-refractivity contribution in [1.29, 1.82) is 0 Å².